The van der Waals surface area contributed by atoms with Crippen LogP contribution in [-0.4, -0.2) is 9.13 Å². The summed E-state index contributed by atoms with van der Waals surface area (Å²) in [5.41, 5.74) is 2.59. The standard InChI is InChI=1S/2C10H8N.2C5H5.Ti/c2*1-2-6-10(7-3-1)11-8-4-5-9-11;2*1-2-4-5-3-1;/h2*1-6,8-9H;2*1-3H,4H2;. The molecule has 2 aliphatic rings. The fraction of sp³-hybridized carbons (Fsp3) is 0.0667. The average molecular weight is 462 g/mol. The van der Waals surface area contributed by atoms with Crippen LogP contribution in [0.25, 0.3) is 11.4 Å². The van der Waals surface area contributed by atoms with Crippen LogP contribution in [0.1, 0.15) is 12.8 Å². The number of para-hydroxylation sites is 2. The van der Waals surface area contributed by atoms with Crippen molar-refractivity contribution in [2.24, 2.45) is 0 Å². The fourth-order valence-electron chi connectivity index (χ4n) is 5.52. The number of aromatic nitrogens is 2. The third-order valence-electron chi connectivity index (χ3n) is 6.89. The van der Waals surface area contributed by atoms with Gasteiger partial charge in [-0.3, -0.25) is 0 Å². The number of allylic oxidation sites excluding steroid dienone is 8. The molecule has 0 unspecified atom stereocenters. The van der Waals surface area contributed by atoms with Gasteiger partial charge in [0.05, 0.1) is 0 Å². The van der Waals surface area contributed by atoms with E-state index in [0.29, 0.717) is 0 Å². The van der Waals surface area contributed by atoms with E-state index in [0.717, 1.165) is 12.8 Å². The second kappa shape index (κ2) is 8.55. The Kier molecular flexibility index (Phi) is 5.26. The Labute approximate surface area is 198 Å². The van der Waals surface area contributed by atoms with E-state index < -0.39 is 16.6 Å². The van der Waals surface area contributed by atoms with E-state index in [-0.39, 0.29) is 0 Å². The van der Waals surface area contributed by atoms with Gasteiger partial charge in [0.15, 0.2) is 0 Å². The van der Waals surface area contributed by atoms with Crippen LogP contribution in [0.15, 0.2) is 142 Å². The van der Waals surface area contributed by atoms with Crippen molar-refractivity contribution in [1.82, 2.24) is 9.13 Å². The van der Waals surface area contributed by atoms with Crippen molar-refractivity contribution in [1.29, 1.82) is 0 Å². The zero-order valence-electron chi connectivity index (χ0n) is 18.5. The maximum absolute atomic E-state index is 3.28. The van der Waals surface area contributed by atoms with E-state index in [1.807, 2.05) is 0 Å². The molecule has 160 valence electrons. The zero-order chi connectivity index (χ0) is 22.1. The Balaban J connectivity index is 1.73. The Morgan fingerprint density at radius 2 is 0.939 bits per heavy atom. The van der Waals surface area contributed by atoms with E-state index in [1.54, 1.807) is 7.76 Å². The zero-order valence-corrected chi connectivity index (χ0v) is 20.1. The minimum atomic E-state index is -3.28. The van der Waals surface area contributed by atoms with Gasteiger partial charge in [0.1, 0.15) is 0 Å². The Morgan fingerprint density at radius 3 is 1.33 bits per heavy atom. The minimum absolute atomic E-state index is 1.03. The molecular weight excluding hydrogens is 436 g/mol. The fourth-order valence-corrected chi connectivity index (χ4v) is 14.1. The van der Waals surface area contributed by atoms with Crippen LogP contribution in [0.3, 0.4) is 0 Å². The van der Waals surface area contributed by atoms with Crippen LogP contribution in [0.4, 0.5) is 0 Å². The Hall–Kier alpha value is -3.33. The van der Waals surface area contributed by atoms with Crippen molar-refractivity contribution >= 4 is 7.74 Å². The number of benzene rings is 2. The maximum atomic E-state index is 2.41. The molecule has 0 bridgehead atoms. The summed E-state index contributed by atoms with van der Waals surface area (Å²) in [6, 6.07) is 26.7. The molecule has 2 nitrogen and oxygen atoms in total. The molecule has 2 aliphatic carbocycles. The van der Waals surface area contributed by atoms with Gasteiger partial charge in [-0.25, -0.2) is 0 Å². The molecule has 0 aliphatic heterocycles. The number of nitrogens with zero attached hydrogens (tertiary/aromatic N) is 2. The van der Waals surface area contributed by atoms with Gasteiger partial charge < -0.3 is 0 Å². The second-order valence-corrected chi connectivity index (χ2v) is 14.6. The van der Waals surface area contributed by atoms with Crippen LogP contribution in [0.5, 0.6) is 0 Å². The molecule has 0 saturated heterocycles. The van der Waals surface area contributed by atoms with Crippen molar-refractivity contribution in [3.05, 3.63) is 142 Å². The number of hydrogen-bond donors (Lipinski definition) is 0. The number of hydrogen-bond acceptors (Lipinski definition) is 0. The van der Waals surface area contributed by atoms with Crippen LogP contribution >= 0.6 is 0 Å². The molecule has 33 heavy (non-hydrogen) atoms. The van der Waals surface area contributed by atoms with Gasteiger partial charge in [0.2, 0.25) is 0 Å². The summed E-state index contributed by atoms with van der Waals surface area (Å²) in [5.74, 6) is 0. The van der Waals surface area contributed by atoms with E-state index in [9.17, 15) is 0 Å². The van der Waals surface area contributed by atoms with Gasteiger partial charge in [-0.15, -0.1) is 0 Å². The van der Waals surface area contributed by atoms with Crippen molar-refractivity contribution in [3.63, 3.8) is 0 Å². The summed E-state index contributed by atoms with van der Waals surface area (Å²) in [6.07, 6.45) is 24.7. The SMILES string of the molecule is C1=CC[C]([Ti]([C]2=CC=CC2)([c]2ccccc2-n2cccc2)[c]2ccccc2-n2cccc2)=C1. The van der Waals surface area contributed by atoms with Gasteiger partial charge >= 0.3 is 199 Å². The first-order valence-corrected chi connectivity index (χ1v) is 14.7. The molecule has 0 saturated carbocycles. The van der Waals surface area contributed by atoms with E-state index in [1.165, 1.54) is 19.1 Å². The van der Waals surface area contributed by atoms with Gasteiger partial charge in [-0.2, -0.15) is 0 Å². The molecule has 2 aromatic heterocycles. The first-order valence-electron chi connectivity index (χ1n) is 11.6. The van der Waals surface area contributed by atoms with Crippen molar-refractivity contribution in [3.8, 4) is 11.4 Å². The monoisotopic (exact) mass is 462 g/mol. The molecule has 2 heterocycles. The van der Waals surface area contributed by atoms with Crippen molar-refractivity contribution < 1.29 is 16.6 Å². The second-order valence-electron chi connectivity index (χ2n) is 8.61. The summed E-state index contributed by atoms with van der Waals surface area (Å²) in [6.45, 7) is 0. The molecule has 0 spiro atoms. The first kappa shape index (κ1) is 20.3. The summed E-state index contributed by atoms with van der Waals surface area (Å²) < 4.78 is 10.8. The van der Waals surface area contributed by atoms with E-state index in [4.69, 9.17) is 0 Å². The quantitative estimate of drug-likeness (QED) is 0.308. The van der Waals surface area contributed by atoms with Gasteiger partial charge in [0.25, 0.3) is 0 Å². The summed E-state index contributed by atoms with van der Waals surface area (Å²) in [4.78, 5) is 0. The molecule has 4 aromatic rings. The molecule has 0 atom stereocenters. The number of rotatable bonds is 6. The summed E-state index contributed by atoms with van der Waals surface area (Å²) in [7, 11) is 0. The molecule has 0 amide bonds. The average Bonchev–Trinajstić information content (AvgIpc) is 3.67. The predicted molar refractivity (Wildman–Crippen MR) is 134 cm³/mol. The molecule has 2 aromatic carbocycles. The first-order chi connectivity index (χ1) is 16.4. The third kappa shape index (κ3) is 3.30. The van der Waals surface area contributed by atoms with Gasteiger partial charge in [-0.05, 0) is 0 Å². The van der Waals surface area contributed by atoms with E-state index in [2.05, 4.69) is 143 Å². The van der Waals surface area contributed by atoms with Crippen LogP contribution < -0.4 is 7.74 Å². The molecule has 3 heteroatoms. The third-order valence-corrected chi connectivity index (χ3v) is 14.9. The van der Waals surface area contributed by atoms with Gasteiger partial charge in [0, 0.05) is 0 Å². The van der Waals surface area contributed by atoms with Crippen LogP contribution in [0.2, 0.25) is 0 Å². The van der Waals surface area contributed by atoms with Crippen LogP contribution in [-0.2, 0) is 16.6 Å². The Bertz CT molecular complexity index is 1290. The van der Waals surface area contributed by atoms with Crippen LogP contribution in [0, 0.1) is 0 Å². The molecular formula is C30H26N2Ti. The van der Waals surface area contributed by atoms with E-state index >= 15 is 0 Å². The molecule has 6 rings (SSSR count). The topological polar surface area (TPSA) is 9.86 Å². The molecule has 0 N–H and O–H groups in total. The summed E-state index contributed by atoms with van der Waals surface area (Å²) >= 11 is -3.28. The summed E-state index contributed by atoms with van der Waals surface area (Å²) in [5, 5.41) is 0. The van der Waals surface area contributed by atoms with Gasteiger partial charge in [-0.1, -0.05) is 0 Å². The van der Waals surface area contributed by atoms with Crippen molar-refractivity contribution in [2.45, 2.75) is 12.8 Å². The Morgan fingerprint density at radius 1 is 0.515 bits per heavy atom. The van der Waals surface area contributed by atoms with Crippen molar-refractivity contribution in [2.75, 3.05) is 0 Å². The normalized spacial score (nSPS) is 15.2. The molecule has 0 radical (unpaired) electrons. The molecule has 0 fully saturated rings. The predicted octanol–water partition coefficient (Wildman–Crippen LogP) is 6.06.